The van der Waals surface area contributed by atoms with Gasteiger partial charge in [-0.05, 0) is 28.8 Å². The molecule has 3 rings (SSSR count). The molecule has 8 nitrogen and oxygen atoms in total. The number of benzene rings is 2. The number of hydrogen-bond acceptors (Lipinski definition) is 5. The summed E-state index contributed by atoms with van der Waals surface area (Å²) in [5, 5.41) is 19.2. The first-order valence-corrected chi connectivity index (χ1v) is 8.11. The molecule has 0 radical (unpaired) electrons. The number of aromatic carboxylic acids is 2. The molecule has 0 amide bonds. The number of nitrogens with two attached hydrogens (primary N) is 1. The van der Waals surface area contributed by atoms with Gasteiger partial charge < -0.3 is 25.7 Å². The second-order valence-electron chi connectivity index (χ2n) is 5.88. The van der Waals surface area contributed by atoms with E-state index in [0.717, 1.165) is 0 Å². The summed E-state index contributed by atoms with van der Waals surface area (Å²) in [5.41, 5.74) is 4.82. The summed E-state index contributed by atoms with van der Waals surface area (Å²) >= 11 is 0. The molecule has 0 aliphatic rings. The predicted octanol–water partition coefficient (Wildman–Crippen LogP) is 2.70. The highest BCUT2D eigenvalue weighted by atomic mass is 16.5. The zero-order valence-corrected chi connectivity index (χ0v) is 14.7. The molecule has 2 aromatic carbocycles. The highest BCUT2D eigenvalue weighted by Crippen LogP contribution is 2.37. The van der Waals surface area contributed by atoms with Crippen molar-refractivity contribution < 1.29 is 24.5 Å². The van der Waals surface area contributed by atoms with Crippen LogP contribution in [0.15, 0.2) is 53.3 Å². The molecule has 5 N–H and O–H groups in total. The Balaban J connectivity index is 2.41. The fourth-order valence-corrected chi connectivity index (χ4v) is 3.04. The van der Waals surface area contributed by atoms with Gasteiger partial charge in [0.2, 0.25) is 0 Å². The third-order valence-electron chi connectivity index (χ3n) is 4.27. The van der Waals surface area contributed by atoms with Crippen LogP contribution in [-0.4, -0.2) is 34.2 Å². The van der Waals surface area contributed by atoms with Crippen LogP contribution in [0.4, 0.5) is 5.82 Å². The molecule has 0 unspecified atom stereocenters. The van der Waals surface area contributed by atoms with Gasteiger partial charge in [0.1, 0.15) is 22.7 Å². The topological polar surface area (TPSA) is 143 Å². The summed E-state index contributed by atoms with van der Waals surface area (Å²) in [4.78, 5) is 37.9. The number of aromatic amines is 1. The summed E-state index contributed by atoms with van der Waals surface area (Å²) in [5.74, 6) is -2.79. The fraction of sp³-hybridized carbons (Fsp3) is 0.0500. The zero-order valence-electron chi connectivity index (χ0n) is 14.7. The molecule has 0 atom stereocenters. The number of nitrogens with one attached hydrogen (secondary N) is 1. The van der Waals surface area contributed by atoms with Gasteiger partial charge >= 0.3 is 11.9 Å². The maximum atomic E-state index is 12.3. The highest BCUT2D eigenvalue weighted by molar-refractivity contribution is 6.09. The second-order valence-corrected chi connectivity index (χ2v) is 5.88. The van der Waals surface area contributed by atoms with Gasteiger partial charge in [0, 0.05) is 5.56 Å². The molecule has 28 heavy (non-hydrogen) atoms. The van der Waals surface area contributed by atoms with E-state index in [9.17, 15) is 24.6 Å². The maximum Gasteiger partial charge on any atom is 0.342 e. The first-order valence-electron chi connectivity index (χ1n) is 8.11. The van der Waals surface area contributed by atoms with Crippen LogP contribution in [0.5, 0.6) is 5.75 Å². The number of carbonyl (C=O) groups is 2. The fourth-order valence-electron chi connectivity index (χ4n) is 3.04. The van der Waals surface area contributed by atoms with Gasteiger partial charge in [-0.1, -0.05) is 36.4 Å². The zero-order chi connectivity index (χ0) is 20.4. The van der Waals surface area contributed by atoms with Gasteiger partial charge in [-0.15, -0.1) is 0 Å². The first kappa shape index (κ1) is 18.7. The maximum absolute atomic E-state index is 12.3. The third kappa shape index (κ3) is 3.18. The van der Waals surface area contributed by atoms with E-state index in [1.165, 1.54) is 7.11 Å². The summed E-state index contributed by atoms with van der Waals surface area (Å²) in [6, 6.07) is 13.5. The lowest BCUT2D eigenvalue weighted by Gasteiger charge is -2.16. The van der Waals surface area contributed by atoms with Crippen molar-refractivity contribution in [2.45, 2.75) is 0 Å². The van der Waals surface area contributed by atoms with Crippen LogP contribution in [0.3, 0.4) is 0 Å². The van der Waals surface area contributed by atoms with E-state index < -0.39 is 34.4 Å². The summed E-state index contributed by atoms with van der Waals surface area (Å²) in [6.45, 7) is 0. The summed E-state index contributed by atoms with van der Waals surface area (Å²) in [6.07, 6.45) is 0. The van der Waals surface area contributed by atoms with Crippen molar-refractivity contribution in [1.82, 2.24) is 4.98 Å². The van der Waals surface area contributed by atoms with Gasteiger partial charge in [-0.3, -0.25) is 4.79 Å². The number of hydrogen-bond donors (Lipinski definition) is 4. The van der Waals surface area contributed by atoms with Crippen molar-refractivity contribution in [3.63, 3.8) is 0 Å². The lowest BCUT2D eigenvalue weighted by molar-refractivity contribution is 0.0695. The van der Waals surface area contributed by atoms with Crippen LogP contribution in [0.25, 0.3) is 22.3 Å². The van der Waals surface area contributed by atoms with Crippen molar-refractivity contribution in [2.24, 2.45) is 0 Å². The summed E-state index contributed by atoms with van der Waals surface area (Å²) in [7, 11) is 1.53. The Morgan fingerprint density at radius 1 is 0.929 bits per heavy atom. The molecule has 0 saturated carbocycles. The van der Waals surface area contributed by atoms with E-state index >= 15 is 0 Å². The minimum absolute atomic E-state index is 0.243. The molecular formula is C20H16N2O6. The molecule has 0 aliphatic heterocycles. The van der Waals surface area contributed by atoms with Gasteiger partial charge in [0.05, 0.1) is 7.11 Å². The van der Waals surface area contributed by atoms with Crippen LogP contribution < -0.4 is 16.0 Å². The number of nitrogen functional groups attached to an aromatic ring is 1. The largest absolute Gasteiger partial charge is 0.497 e. The number of ether oxygens (including phenoxy) is 1. The standard InChI is InChI=1S/C20H16N2O6/c1-28-11-8-6-10(7-9-11)12-4-2-3-5-13(12)14-15(19(24)25)17(21)22-18(23)16(14)20(26)27/h2-9H,1H3,(H,24,25)(H,26,27)(H3,21,22,23). The van der Waals surface area contributed by atoms with E-state index in [4.69, 9.17) is 10.5 Å². The lowest BCUT2D eigenvalue weighted by atomic mass is 9.89. The van der Waals surface area contributed by atoms with E-state index in [1.807, 2.05) is 0 Å². The number of anilines is 1. The number of pyridine rings is 1. The number of aromatic nitrogens is 1. The van der Waals surface area contributed by atoms with E-state index in [-0.39, 0.29) is 11.1 Å². The van der Waals surface area contributed by atoms with Crippen molar-refractivity contribution >= 4 is 17.8 Å². The average molecular weight is 380 g/mol. The van der Waals surface area contributed by atoms with Crippen LogP contribution in [0.1, 0.15) is 20.7 Å². The normalized spacial score (nSPS) is 10.5. The molecule has 142 valence electrons. The summed E-state index contributed by atoms with van der Waals surface area (Å²) < 4.78 is 5.14. The Morgan fingerprint density at radius 2 is 1.50 bits per heavy atom. The van der Waals surface area contributed by atoms with Crippen LogP contribution >= 0.6 is 0 Å². The minimum Gasteiger partial charge on any atom is -0.497 e. The number of rotatable bonds is 5. The van der Waals surface area contributed by atoms with E-state index in [1.54, 1.807) is 48.5 Å². The Morgan fingerprint density at radius 3 is 2.04 bits per heavy atom. The Kier molecular flexibility index (Phi) is 4.86. The molecule has 0 spiro atoms. The smallest absolute Gasteiger partial charge is 0.342 e. The molecule has 1 aromatic heterocycles. The van der Waals surface area contributed by atoms with Crippen molar-refractivity contribution in [3.8, 4) is 28.0 Å². The van der Waals surface area contributed by atoms with Gasteiger partial charge in [-0.25, -0.2) is 9.59 Å². The Labute approximate surface area is 158 Å². The quantitative estimate of drug-likeness (QED) is 0.533. The SMILES string of the molecule is COc1ccc(-c2ccccc2-c2c(C(=O)O)c(N)[nH]c(=O)c2C(=O)O)cc1. The highest BCUT2D eigenvalue weighted by Gasteiger charge is 2.27. The van der Waals surface area contributed by atoms with Crippen LogP contribution in [0.2, 0.25) is 0 Å². The Bertz CT molecular complexity index is 1130. The Hall–Kier alpha value is -4.07. The van der Waals surface area contributed by atoms with Crippen LogP contribution in [0, 0.1) is 0 Å². The van der Waals surface area contributed by atoms with Crippen LogP contribution in [-0.2, 0) is 0 Å². The van der Waals surface area contributed by atoms with Gasteiger partial charge in [0.15, 0.2) is 0 Å². The second kappa shape index (κ2) is 7.28. The monoisotopic (exact) mass is 380 g/mol. The first-order chi connectivity index (χ1) is 13.3. The molecule has 8 heteroatoms. The van der Waals surface area contributed by atoms with Crippen molar-refractivity contribution in [1.29, 1.82) is 0 Å². The lowest BCUT2D eigenvalue weighted by Crippen LogP contribution is -2.24. The van der Waals surface area contributed by atoms with E-state index in [0.29, 0.717) is 16.9 Å². The average Bonchev–Trinajstić information content (AvgIpc) is 2.66. The molecule has 0 bridgehead atoms. The predicted molar refractivity (Wildman–Crippen MR) is 103 cm³/mol. The van der Waals surface area contributed by atoms with Crippen molar-refractivity contribution in [2.75, 3.05) is 12.8 Å². The van der Waals surface area contributed by atoms with Crippen molar-refractivity contribution in [3.05, 3.63) is 70.0 Å². The molecule has 0 saturated heterocycles. The number of carboxylic acids is 2. The minimum atomic E-state index is -1.55. The number of H-pyrrole nitrogens is 1. The molecule has 3 aromatic rings. The molecule has 0 aliphatic carbocycles. The molecular weight excluding hydrogens is 364 g/mol. The molecule has 0 fully saturated rings. The van der Waals surface area contributed by atoms with Gasteiger partial charge in [-0.2, -0.15) is 0 Å². The molecule has 1 heterocycles. The van der Waals surface area contributed by atoms with Gasteiger partial charge in [0.25, 0.3) is 5.56 Å². The number of methoxy groups -OCH3 is 1. The number of carboxylic acid groups (broad SMARTS) is 2. The third-order valence-corrected chi connectivity index (χ3v) is 4.27. The van der Waals surface area contributed by atoms with E-state index in [2.05, 4.69) is 4.98 Å².